The van der Waals surface area contributed by atoms with Gasteiger partial charge in [-0.15, -0.1) is 0 Å². The molecule has 0 aliphatic rings. The fourth-order valence-electron chi connectivity index (χ4n) is 1.15. The predicted octanol–water partition coefficient (Wildman–Crippen LogP) is 1.02. The Kier molecular flexibility index (Phi) is 4.38. The second kappa shape index (κ2) is 5.79. The first kappa shape index (κ1) is 12.1. The number of ether oxygens (including phenoxy) is 1. The van der Waals surface area contributed by atoms with Crippen molar-refractivity contribution in [1.82, 2.24) is 5.32 Å². The number of amides is 1. The van der Waals surface area contributed by atoms with E-state index in [2.05, 4.69) is 10.1 Å². The molecule has 0 spiro atoms. The van der Waals surface area contributed by atoms with Gasteiger partial charge < -0.3 is 19.6 Å². The number of carboxylic acids is 1. The summed E-state index contributed by atoms with van der Waals surface area (Å²) < 4.78 is 9.60. The number of carboxylic acid groups (broad SMARTS) is 1. The van der Waals surface area contributed by atoms with Crippen molar-refractivity contribution in [3.05, 3.63) is 24.2 Å². The second-order valence-corrected chi connectivity index (χ2v) is 3.04. The van der Waals surface area contributed by atoms with Crippen molar-refractivity contribution in [3.63, 3.8) is 0 Å². The predicted molar refractivity (Wildman–Crippen MR) is 54.0 cm³/mol. The van der Waals surface area contributed by atoms with Gasteiger partial charge in [-0.3, -0.25) is 0 Å². The summed E-state index contributed by atoms with van der Waals surface area (Å²) in [6.07, 6.45) is 0.779. The molecule has 6 nitrogen and oxygen atoms in total. The molecule has 1 aromatic rings. The summed E-state index contributed by atoms with van der Waals surface area (Å²) in [4.78, 5) is 21.9. The van der Waals surface area contributed by atoms with Crippen LogP contribution in [0.4, 0.5) is 4.79 Å². The minimum atomic E-state index is -1.13. The number of hydrogen-bond donors (Lipinski definition) is 2. The average Bonchev–Trinajstić information content (AvgIpc) is 2.69. The zero-order chi connectivity index (χ0) is 12.0. The summed E-state index contributed by atoms with van der Waals surface area (Å²) >= 11 is 0. The van der Waals surface area contributed by atoms with Crippen LogP contribution in [-0.2, 0) is 16.0 Å². The summed E-state index contributed by atoms with van der Waals surface area (Å²) in [5, 5.41) is 11.1. The number of carbonyl (C=O) groups excluding carboxylic acids is 1. The molecule has 1 heterocycles. The molecule has 0 aromatic carbocycles. The number of rotatable bonds is 5. The lowest BCUT2D eigenvalue weighted by atomic mass is 10.2. The molecule has 0 saturated carbocycles. The van der Waals surface area contributed by atoms with E-state index in [1.165, 1.54) is 6.26 Å². The van der Waals surface area contributed by atoms with Crippen LogP contribution in [0.25, 0.3) is 0 Å². The number of furan rings is 1. The van der Waals surface area contributed by atoms with Gasteiger partial charge in [0, 0.05) is 6.42 Å². The summed E-state index contributed by atoms with van der Waals surface area (Å²) in [7, 11) is 0. The van der Waals surface area contributed by atoms with E-state index in [1.54, 1.807) is 19.1 Å². The van der Waals surface area contributed by atoms with Gasteiger partial charge >= 0.3 is 12.1 Å². The smallest absolute Gasteiger partial charge is 0.407 e. The minimum Gasteiger partial charge on any atom is -0.480 e. The molecule has 1 amide bonds. The van der Waals surface area contributed by atoms with Crippen molar-refractivity contribution >= 4 is 12.1 Å². The van der Waals surface area contributed by atoms with Gasteiger partial charge in [-0.05, 0) is 19.1 Å². The van der Waals surface area contributed by atoms with Crippen molar-refractivity contribution in [2.45, 2.75) is 19.4 Å². The fourth-order valence-corrected chi connectivity index (χ4v) is 1.15. The van der Waals surface area contributed by atoms with Crippen molar-refractivity contribution in [2.24, 2.45) is 0 Å². The number of nitrogens with one attached hydrogen (secondary N) is 1. The van der Waals surface area contributed by atoms with Crippen LogP contribution in [0.1, 0.15) is 12.7 Å². The molecule has 2 N–H and O–H groups in total. The topological polar surface area (TPSA) is 88.8 Å². The summed E-state index contributed by atoms with van der Waals surface area (Å²) in [5.41, 5.74) is 0. The van der Waals surface area contributed by atoms with Gasteiger partial charge in [0.2, 0.25) is 0 Å². The molecule has 1 rings (SSSR count). The molecule has 16 heavy (non-hydrogen) atoms. The molecule has 88 valence electrons. The van der Waals surface area contributed by atoms with Gasteiger partial charge in [0.05, 0.1) is 12.9 Å². The third kappa shape index (κ3) is 3.64. The third-order valence-electron chi connectivity index (χ3n) is 1.85. The summed E-state index contributed by atoms with van der Waals surface area (Å²) in [6, 6.07) is 2.24. The summed E-state index contributed by atoms with van der Waals surface area (Å²) in [6.45, 7) is 1.83. The third-order valence-corrected chi connectivity index (χ3v) is 1.85. The highest BCUT2D eigenvalue weighted by Crippen LogP contribution is 2.04. The van der Waals surface area contributed by atoms with Crippen LogP contribution in [0.15, 0.2) is 22.8 Å². The summed E-state index contributed by atoms with van der Waals surface area (Å²) in [5.74, 6) is -0.645. The Morgan fingerprint density at radius 3 is 2.88 bits per heavy atom. The molecule has 1 aromatic heterocycles. The lowest BCUT2D eigenvalue weighted by Crippen LogP contribution is -2.42. The first-order valence-corrected chi connectivity index (χ1v) is 4.82. The molecule has 0 radical (unpaired) electrons. The Bertz CT molecular complexity index is 346. The highest BCUT2D eigenvalue weighted by atomic mass is 16.5. The molecule has 1 unspecified atom stereocenters. The van der Waals surface area contributed by atoms with E-state index in [0.717, 1.165) is 0 Å². The maximum Gasteiger partial charge on any atom is 0.407 e. The van der Waals surface area contributed by atoms with Gasteiger partial charge in [-0.2, -0.15) is 0 Å². The van der Waals surface area contributed by atoms with Crippen LogP contribution in [0.2, 0.25) is 0 Å². The van der Waals surface area contributed by atoms with Crippen LogP contribution in [0, 0.1) is 0 Å². The monoisotopic (exact) mass is 227 g/mol. The van der Waals surface area contributed by atoms with Gasteiger partial charge in [-0.1, -0.05) is 0 Å². The highest BCUT2D eigenvalue weighted by Gasteiger charge is 2.21. The molecule has 0 fully saturated rings. The Morgan fingerprint density at radius 2 is 2.38 bits per heavy atom. The first-order chi connectivity index (χ1) is 7.63. The second-order valence-electron chi connectivity index (χ2n) is 3.04. The van der Waals surface area contributed by atoms with Gasteiger partial charge in [0.25, 0.3) is 0 Å². The quantitative estimate of drug-likeness (QED) is 0.783. The molecular formula is C10H13NO5. The molecule has 1 atom stereocenters. The number of carbonyl (C=O) groups is 2. The Morgan fingerprint density at radius 1 is 1.62 bits per heavy atom. The highest BCUT2D eigenvalue weighted by molar-refractivity contribution is 5.80. The van der Waals surface area contributed by atoms with Crippen LogP contribution < -0.4 is 5.32 Å². The SMILES string of the molecule is CCOC(=O)NC(Cc1ccco1)C(=O)O. The average molecular weight is 227 g/mol. The van der Waals surface area contributed by atoms with Crippen LogP contribution in [0.3, 0.4) is 0 Å². The van der Waals surface area contributed by atoms with Gasteiger partial charge in [-0.25, -0.2) is 9.59 Å². The van der Waals surface area contributed by atoms with Crippen molar-refractivity contribution < 1.29 is 23.8 Å². The van der Waals surface area contributed by atoms with Crippen molar-refractivity contribution in [2.75, 3.05) is 6.61 Å². The fraction of sp³-hybridized carbons (Fsp3) is 0.400. The Balaban J connectivity index is 2.54. The van der Waals surface area contributed by atoms with Gasteiger partial charge in [0.1, 0.15) is 11.8 Å². The van der Waals surface area contributed by atoms with Crippen LogP contribution in [-0.4, -0.2) is 29.8 Å². The molecule has 0 bridgehead atoms. The molecule has 6 heteroatoms. The Labute approximate surface area is 92.2 Å². The van der Waals surface area contributed by atoms with E-state index in [4.69, 9.17) is 9.52 Å². The van der Waals surface area contributed by atoms with Crippen LogP contribution >= 0.6 is 0 Å². The van der Waals surface area contributed by atoms with E-state index in [1.807, 2.05) is 0 Å². The zero-order valence-corrected chi connectivity index (χ0v) is 8.80. The minimum absolute atomic E-state index is 0.0845. The molecular weight excluding hydrogens is 214 g/mol. The zero-order valence-electron chi connectivity index (χ0n) is 8.80. The first-order valence-electron chi connectivity index (χ1n) is 4.82. The van der Waals surface area contributed by atoms with E-state index in [-0.39, 0.29) is 13.0 Å². The lowest BCUT2D eigenvalue weighted by molar-refractivity contribution is -0.139. The van der Waals surface area contributed by atoms with Crippen LogP contribution in [0.5, 0.6) is 0 Å². The molecule has 0 aliphatic heterocycles. The largest absolute Gasteiger partial charge is 0.480 e. The normalized spacial score (nSPS) is 11.8. The lowest BCUT2D eigenvalue weighted by Gasteiger charge is -2.12. The number of alkyl carbamates (subject to hydrolysis) is 1. The van der Waals surface area contributed by atoms with Crippen molar-refractivity contribution in [3.8, 4) is 0 Å². The maximum atomic E-state index is 11.1. The molecule has 0 saturated heterocycles. The maximum absolute atomic E-state index is 11.1. The van der Waals surface area contributed by atoms with Crippen molar-refractivity contribution in [1.29, 1.82) is 0 Å². The van der Waals surface area contributed by atoms with E-state index in [9.17, 15) is 9.59 Å². The van der Waals surface area contributed by atoms with E-state index in [0.29, 0.717) is 5.76 Å². The van der Waals surface area contributed by atoms with E-state index < -0.39 is 18.1 Å². The van der Waals surface area contributed by atoms with Gasteiger partial charge in [0.15, 0.2) is 0 Å². The van der Waals surface area contributed by atoms with E-state index >= 15 is 0 Å². The number of hydrogen-bond acceptors (Lipinski definition) is 4. The standard InChI is InChI=1S/C10H13NO5/c1-2-15-10(14)11-8(9(12)13)6-7-4-3-5-16-7/h3-5,8H,2,6H2,1H3,(H,11,14)(H,12,13). The number of aliphatic carboxylic acids is 1. The Hall–Kier alpha value is -1.98. The molecule has 0 aliphatic carbocycles.